The summed E-state index contributed by atoms with van der Waals surface area (Å²) in [5.41, 5.74) is 0.810. The monoisotopic (exact) mass is 535 g/mol. The van der Waals surface area contributed by atoms with Crippen LogP contribution < -0.4 is 5.32 Å². The molecule has 3 N–H and O–H groups in total. The molecule has 188 valence electrons. The molecule has 36 heavy (non-hydrogen) atoms. The zero-order valence-corrected chi connectivity index (χ0v) is 20.7. The molecule has 11 heteroatoms. The Morgan fingerprint density at radius 3 is 2.50 bits per heavy atom. The summed E-state index contributed by atoms with van der Waals surface area (Å²) in [5.74, 6) is -0.463. The Kier molecular flexibility index (Phi) is 7.33. The molecule has 0 aliphatic heterocycles. The minimum Gasteiger partial charge on any atom is -0.391 e. The lowest BCUT2D eigenvalue weighted by molar-refractivity contribution is -0.137. The Hall–Kier alpha value is -3.05. The van der Waals surface area contributed by atoms with Crippen LogP contribution in [0.15, 0.2) is 48.7 Å². The van der Waals surface area contributed by atoms with Crippen LogP contribution in [-0.2, 0) is 12.6 Å². The van der Waals surface area contributed by atoms with E-state index in [1.165, 1.54) is 48.7 Å². The van der Waals surface area contributed by atoms with Crippen LogP contribution in [0.1, 0.15) is 34.0 Å². The molecule has 2 aromatic carbocycles. The highest BCUT2D eigenvalue weighted by molar-refractivity contribution is 7.22. The van der Waals surface area contributed by atoms with Gasteiger partial charge in [0, 0.05) is 28.8 Å². The number of aliphatic hydroxyl groups is 2. The smallest absolute Gasteiger partial charge is 0.391 e. The summed E-state index contributed by atoms with van der Waals surface area (Å²) in [6, 6.07) is 10.1. The summed E-state index contributed by atoms with van der Waals surface area (Å²) >= 11 is 7.41. The summed E-state index contributed by atoms with van der Waals surface area (Å²) in [4.78, 5) is 21.0. The van der Waals surface area contributed by atoms with E-state index in [4.69, 9.17) is 11.6 Å². The second kappa shape index (κ2) is 10.1. The molecule has 0 saturated carbocycles. The van der Waals surface area contributed by atoms with Gasteiger partial charge in [-0.1, -0.05) is 35.1 Å². The SMILES string of the molecule is Cc1cc2sc(NC(=O)c3ccc(-c4ncc(C[C@@H](O)[C@@H](C)O)cc4C(F)(F)F)cc3)nc2cc1Cl. The summed E-state index contributed by atoms with van der Waals surface area (Å²) < 4.78 is 42.2. The lowest BCUT2D eigenvalue weighted by atomic mass is 9.99. The van der Waals surface area contributed by atoms with Crippen molar-refractivity contribution in [2.75, 3.05) is 5.32 Å². The van der Waals surface area contributed by atoms with Crippen LogP contribution >= 0.6 is 22.9 Å². The van der Waals surface area contributed by atoms with Gasteiger partial charge in [0.2, 0.25) is 0 Å². The molecule has 4 aromatic rings. The fourth-order valence-electron chi connectivity index (χ4n) is 3.53. The maximum absolute atomic E-state index is 13.8. The lowest BCUT2D eigenvalue weighted by Gasteiger charge is -2.17. The highest BCUT2D eigenvalue weighted by atomic mass is 35.5. The van der Waals surface area contributed by atoms with Crippen molar-refractivity contribution in [3.63, 3.8) is 0 Å². The molecule has 1 amide bonds. The molecular formula is C25H21ClF3N3O3S. The van der Waals surface area contributed by atoms with E-state index in [-0.39, 0.29) is 28.8 Å². The summed E-state index contributed by atoms with van der Waals surface area (Å²) in [5, 5.41) is 22.9. The van der Waals surface area contributed by atoms with Gasteiger partial charge in [-0.05, 0) is 55.3 Å². The van der Waals surface area contributed by atoms with Crippen LogP contribution in [0.3, 0.4) is 0 Å². The number of aliphatic hydroxyl groups excluding tert-OH is 2. The number of thiazole rings is 1. The van der Waals surface area contributed by atoms with E-state index in [1.807, 2.05) is 13.0 Å². The van der Waals surface area contributed by atoms with E-state index >= 15 is 0 Å². The van der Waals surface area contributed by atoms with Gasteiger partial charge in [0.1, 0.15) is 0 Å². The number of benzene rings is 2. The zero-order chi connectivity index (χ0) is 26.2. The quantitative estimate of drug-likeness (QED) is 0.287. The van der Waals surface area contributed by atoms with Gasteiger partial charge in [-0.3, -0.25) is 15.1 Å². The van der Waals surface area contributed by atoms with Crippen molar-refractivity contribution in [2.45, 2.75) is 38.7 Å². The number of carbonyl (C=O) groups is 1. The average Bonchev–Trinajstić information content (AvgIpc) is 3.19. The van der Waals surface area contributed by atoms with Crippen molar-refractivity contribution >= 4 is 44.2 Å². The number of hydrogen-bond donors (Lipinski definition) is 3. The maximum Gasteiger partial charge on any atom is 0.418 e. The molecular weight excluding hydrogens is 515 g/mol. The van der Waals surface area contributed by atoms with Gasteiger partial charge in [-0.2, -0.15) is 13.2 Å². The second-order valence-electron chi connectivity index (χ2n) is 8.37. The third kappa shape index (κ3) is 5.67. The first-order chi connectivity index (χ1) is 16.9. The van der Waals surface area contributed by atoms with Crippen LogP contribution in [0.5, 0.6) is 0 Å². The van der Waals surface area contributed by atoms with Crippen LogP contribution in [0.2, 0.25) is 5.02 Å². The van der Waals surface area contributed by atoms with E-state index < -0.39 is 29.9 Å². The number of halogens is 4. The first-order valence-electron chi connectivity index (χ1n) is 10.8. The number of amides is 1. The molecule has 0 unspecified atom stereocenters. The summed E-state index contributed by atoms with van der Waals surface area (Å²) in [6.07, 6.45) is -5.95. The maximum atomic E-state index is 13.8. The fraction of sp³-hybridized carbons (Fsp3) is 0.240. The van der Waals surface area contributed by atoms with Gasteiger partial charge in [-0.25, -0.2) is 4.98 Å². The molecule has 4 rings (SSSR count). The average molecular weight is 536 g/mol. The van der Waals surface area contributed by atoms with Crippen molar-refractivity contribution in [2.24, 2.45) is 0 Å². The predicted molar refractivity (Wildman–Crippen MR) is 133 cm³/mol. The number of aromatic nitrogens is 2. The van der Waals surface area contributed by atoms with Crippen LogP contribution in [-0.4, -0.2) is 38.3 Å². The van der Waals surface area contributed by atoms with Gasteiger partial charge < -0.3 is 10.2 Å². The third-order valence-corrected chi connectivity index (χ3v) is 6.90. The van der Waals surface area contributed by atoms with Crippen LogP contribution in [0.4, 0.5) is 18.3 Å². The summed E-state index contributed by atoms with van der Waals surface area (Å²) in [6.45, 7) is 3.22. The van der Waals surface area contributed by atoms with E-state index in [2.05, 4.69) is 15.3 Å². The Balaban J connectivity index is 1.56. The second-order valence-corrected chi connectivity index (χ2v) is 9.81. The molecule has 2 aromatic heterocycles. The van der Waals surface area contributed by atoms with Crippen molar-refractivity contribution in [1.29, 1.82) is 0 Å². The lowest BCUT2D eigenvalue weighted by Crippen LogP contribution is -2.25. The van der Waals surface area contributed by atoms with Gasteiger partial charge in [0.25, 0.3) is 5.91 Å². The molecule has 2 atom stereocenters. The number of alkyl halides is 3. The van der Waals surface area contributed by atoms with Gasteiger partial charge in [0.15, 0.2) is 5.13 Å². The van der Waals surface area contributed by atoms with Crippen molar-refractivity contribution < 1.29 is 28.2 Å². The minimum atomic E-state index is -4.70. The number of nitrogens with zero attached hydrogens (tertiary/aromatic N) is 2. The number of anilines is 1. The molecule has 0 aliphatic carbocycles. The van der Waals surface area contributed by atoms with E-state index in [1.54, 1.807) is 6.07 Å². The topological polar surface area (TPSA) is 95.3 Å². The number of fused-ring (bicyclic) bond motifs is 1. The first-order valence-corrected chi connectivity index (χ1v) is 12.0. The Bertz CT molecular complexity index is 1380. The van der Waals surface area contributed by atoms with E-state index in [0.717, 1.165) is 16.3 Å². The molecule has 6 nitrogen and oxygen atoms in total. The highest BCUT2D eigenvalue weighted by Crippen LogP contribution is 2.37. The molecule has 0 bridgehead atoms. The highest BCUT2D eigenvalue weighted by Gasteiger charge is 2.35. The minimum absolute atomic E-state index is 0.141. The van der Waals surface area contributed by atoms with Crippen molar-refractivity contribution in [3.8, 4) is 11.3 Å². The molecule has 0 radical (unpaired) electrons. The molecule has 2 heterocycles. The molecule has 0 saturated heterocycles. The summed E-state index contributed by atoms with van der Waals surface area (Å²) in [7, 11) is 0. The normalized spacial score (nSPS) is 13.6. The van der Waals surface area contributed by atoms with Crippen LogP contribution in [0.25, 0.3) is 21.5 Å². The number of rotatable bonds is 6. The number of carbonyl (C=O) groups excluding carboxylic acids is 1. The predicted octanol–water partition coefficient (Wildman–Crippen LogP) is 5.88. The van der Waals surface area contributed by atoms with Gasteiger partial charge >= 0.3 is 6.18 Å². The van der Waals surface area contributed by atoms with Crippen molar-refractivity contribution in [3.05, 3.63) is 75.9 Å². The molecule has 0 aliphatic rings. The third-order valence-electron chi connectivity index (χ3n) is 5.56. The Labute approximate surface area is 213 Å². The van der Waals surface area contributed by atoms with E-state index in [9.17, 15) is 28.2 Å². The molecule has 0 spiro atoms. The Morgan fingerprint density at radius 2 is 1.86 bits per heavy atom. The first kappa shape index (κ1) is 26.0. The zero-order valence-electron chi connectivity index (χ0n) is 19.1. The van der Waals surface area contributed by atoms with Crippen LogP contribution in [0, 0.1) is 6.92 Å². The fourth-order valence-corrected chi connectivity index (χ4v) is 4.63. The molecule has 0 fully saturated rings. The number of pyridine rings is 1. The van der Waals surface area contributed by atoms with Gasteiger partial charge in [0.05, 0.1) is 33.7 Å². The standard InChI is InChI=1S/C25H21ClF3N3O3S/c1-12-7-21-19(10-18(12)26)31-24(36-21)32-23(35)16-5-3-15(4-6-16)22-17(25(27,28)29)8-14(11-30-22)9-20(34)13(2)33/h3-8,10-11,13,20,33-34H,9H2,1-2H3,(H,31,32,35)/t13-,20-/m1/s1. The number of hydrogen-bond acceptors (Lipinski definition) is 6. The number of aryl methyl sites for hydroxylation is 1. The van der Waals surface area contributed by atoms with Gasteiger partial charge in [-0.15, -0.1) is 0 Å². The van der Waals surface area contributed by atoms with Crippen molar-refractivity contribution in [1.82, 2.24) is 9.97 Å². The van der Waals surface area contributed by atoms with E-state index in [0.29, 0.717) is 15.7 Å². The number of nitrogens with one attached hydrogen (secondary N) is 1. The largest absolute Gasteiger partial charge is 0.418 e. The Morgan fingerprint density at radius 1 is 1.17 bits per heavy atom.